The Hall–Kier alpha value is -0.340. The summed E-state index contributed by atoms with van der Waals surface area (Å²) in [6, 6.07) is 4.56. The van der Waals surface area contributed by atoms with Crippen molar-refractivity contribution in [3.05, 3.63) is 21.9 Å². The van der Waals surface area contributed by atoms with Gasteiger partial charge in [-0.05, 0) is 49.7 Å². The quantitative estimate of drug-likeness (QED) is 0.858. The summed E-state index contributed by atoms with van der Waals surface area (Å²) in [7, 11) is 0. The minimum Gasteiger partial charge on any atom is -0.325 e. The van der Waals surface area contributed by atoms with E-state index in [2.05, 4.69) is 32.9 Å². The highest BCUT2D eigenvalue weighted by atomic mass is 32.1. The van der Waals surface area contributed by atoms with Crippen LogP contribution in [-0.4, -0.2) is 5.54 Å². The third-order valence-corrected chi connectivity index (χ3v) is 5.68. The van der Waals surface area contributed by atoms with Crippen LogP contribution in [0.3, 0.4) is 0 Å². The van der Waals surface area contributed by atoms with Gasteiger partial charge < -0.3 is 5.73 Å². The van der Waals surface area contributed by atoms with Crippen LogP contribution in [0.4, 0.5) is 0 Å². The van der Waals surface area contributed by atoms with Gasteiger partial charge in [-0.25, -0.2) is 0 Å². The molecular weight excluding hydrogens is 238 g/mol. The van der Waals surface area contributed by atoms with Crippen LogP contribution in [0.25, 0.3) is 0 Å². The van der Waals surface area contributed by atoms with Crippen molar-refractivity contribution in [2.45, 2.75) is 64.8 Å². The number of rotatable bonds is 4. The van der Waals surface area contributed by atoms with Crippen molar-refractivity contribution in [2.75, 3.05) is 0 Å². The maximum atomic E-state index is 6.68. The molecule has 0 saturated heterocycles. The van der Waals surface area contributed by atoms with Crippen molar-refractivity contribution in [3.63, 3.8) is 0 Å². The maximum absolute atomic E-state index is 6.68. The summed E-state index contributed by atoms with van der Waals surface area (Å²) >= 11 is 1.95. The molecule has 1 aliphatic carbocycles. The van der Waals surface area contributed by atoms with Gasteiger partial charge in [0.25, 0.3) is 0 Å². The monoisotopic (exact) mass is 265 g/mol. The Morgan fingerprint density at radius 1 is 1.39 bits per heavy atom. The zero-order valence-electron chi connectivity index (χ0n) is 12.0. The van der Waals surface area contributed by atoms with E-state index in [1.807, 2.05) is 11.3 Å². The molecule has 0 aromatic carbocycles. The highest BCUT2D eigenvalue weighted by molar-refractivity contribution is 7.12. The minimum atomic E-state index is 0.0586. The molecular formula is C16H27NS. The molecule has 1 aliphatic rings. The van der Waals surface area contributed by atoms with Crippen LogP contribution in [0, 0.1) is 11.8 Å². The Balaban J connectivity index is 2.02. The van der Waals surface area contributed by atoms with E-state index in [4.69, 9.17) is 5.73 Å². The van der Waals surface area contributed by atoms with Crippen molar-refractivity contribution < 1.29 is 0 Å². The van der Waals surface area contributed by atoms with Crippen molar-refractivity contribution in [2.24, 2.45) is 17.6 Å². The van der Waals surface area contributed by atoms with Gasteiger partial charge in [-0.3, -0.25) is 0 Å². The maximum Gasteiger partial charge on any atom is 0.0205 e. The largest absolute Gasteiger partial charge is 0.325 e. The van der Waals surface area contributed by atoms with E-state index in [9.17, 15) is 0 Å². The molecule has 1 fully saturated rings. The average molecular weight is 265 g/mol. The molecule has 2 rings (SSSR count). The lowest BCUT2D eigenvalue weighted by molar-refractivity contribution is 0.183. The first-order valence-electron chi connectivity index (χ1n) is 7.39. The molecule has 2 unspecified atom stereocenters. The normalized spacial score (nSPS) is 28.8. The molecule has 0 amide bonds. The van der Waals surface area contributed by atoms with Crippen molar-refractivity contribution in [1.82, 2.24) is 0 Å². The Bertz CT molecular complexity index is 382. The average Bonchev–Trinajstić information content (AvgIpc) is 2.76. The summed E-state index contributed by atoms with van der Waals surface area (Å²) in [5, 5.41) is 0. The number of hydrogen-bond donors (Lipinski definition) is 1. The molecule has 1 heterocycles. The van der Waals surface area contributed by atoms with E-state index in [-0.39, 0.29) is 5.54 Å². The Kier molecular flexibility index (Phi) is 4.50. The molecule has 0 radical (unpaired) electrons. The van der Waals surface area contributed by atoms with E-state index in [0.717, 1.165) is 24.7 Å². The predicted molar refractivity (Wildman–Crippen MR) is 81.1 cm³/mol. The lowest BCUT2D eigenvalue weighted by Gasteiger charge is -2.39. The highest BCUT2D eigenvalue weighted by Crippen LogP contribution is 2.37. The van der Waals surface area contributed by atoms with Gasteiger partial charge in [-0.2, -0.15) is 0 Å². The van der Waals surface area contributed by atoms with Crippen molar-refractivity contribution in [1.29, 1.82) is 0 Å². The number of aryl methyl sites for hydroxylation is 1. The molecule has 2 heteroatoms. The van der Waals surface area contributed by atoms with Gasteiger partial charge in [-0.1, -0.05) is 33.6 Å². The number of hydrogen-bond acceptors (Lipinski definition) is 2. The lowest BCUT2D eigenvalue weighted by atomic mass is 9.71. The minimum absolute atomic E-state index is 0.0586. The molecule has 1 saturated carbocycles. The van der Waals surface area contributed by atoms with E-state index in [1.54, 1.807) is 0 Å². The SMILES string of the molecule is CCc1ccc(CC2(N)CCCC(C(C)C)C2)s1. The summed E-state index contributed by atoms with van der Waals surface area (Å²) in [5.74, 6) is 1.61. The molecule has 0 bridgehead atoms. The van der Waals surface area contributed by atoms with Gasteiger partial charge >= 0.3 is 0 Å². The highest BCUT2D eigenvalue weighted by Gasteiger charge is 2.34. The summed E-state index contributed by atoms with van der Waals surface area (Å²) < 4.78 is 0. The van der Waals surface area contributed by atoms with Crippen LogP contribution in [0.15, 0.2) is 12.1 Å². The summed E-state index contributed by atoms with van der Waals surface area (Å²) in [6.45, 7) is 6.91. The Morgan fingerprint density at radius 2 is 2.11 bits per heavy atom. The van der Waals surface area contributed by atoms with E-state index in [1.165, 1.54) is 35.4 Å². The van der Waals surface area contributed by atoms with Crippen LogP contribution in [-0.2, 0) is 12.8 Å². The Labute approximate surface area is 116 Å². The van der Waals surface area contributed by atoms with Gasteiger partial charge in [0.05, 0.1) is 0 Å². The fourth-order valence-electron chi connectivity index (χ4n) is 3.23. The smallest absolute Gasteiger partial charge is 0.0205 e. The second-order valence-corrected chi connectivity index (χ2v) is 7.61. The standard InChI is InChI=1S/C16H27NS/c1-4-14-7-8-15(18-14)11-16(17)9-5-6-13(10-16)12(2)3/h7-8,12-13H,4-6,9-11,17H2,1-3H3. The topological polar surface area (TPSA) is 26.0 Å². The summed E-state index contributed by atoms with van der Waals surface area (Å²) in [5.41, 5.74) is 6.74. The fraction of sp³-hybridized carbons (Fsp3) is 0.750. The van der Waals surface area contributed by atoms with Gasteiger partial charge in [0.2, 0.25) is 0 Å². The van der Waals surface area contributed by atoms with Crippen molar-refractivity contribution in [3.8, 4) is 0 Å². The van der Waals surface area contributed by atoms with Crippen molar-refractivity contribution >= 4 is 11.3 Å². The Morgan fingerprint density at radius 3 is 2.72 bits per heavy atom. The van der Waals surface area contributed by atoms with E-state index in [0.29, 0.717) is 0 Å². The molecule has 1 aromatic heterocycles. The van der Waals surface area contributed by atoms with Gasteiger partial charge in [0.15, 0.2) is 0 Å². The third kappa shape index (κ3) is 3.36. The molecule has 0 spiro atoms. The number of thiophene rings is 1. The van der Waals surface area contributed by atoms with Gasteiger partial charge in [-0.15, -0.1) is 11.3 Å². The first kappa shape index (κ1) is 14.1. The number of nitrogens with two attached hydrogens (primary N) is 1. The molecule has 102 valence electrons. The van der Waals surface area contributed by atoms with E-state index >= 15 is 0 Å². The third-order valence-electron chi connectivity index (χ3n) is 4.45. The predicted octanol–water partition coefficient (Wildman–Crippen LogP) is 4.40. The molecule has 1 nitrogen and oxygen atoms in total. The molecule has 2 atom stereocenters. The lowest BCUT2D eigenvalue weighted by Crippen LogP contribution is -2.46. The van der Waals surface area contributed by atoms with Crippen LogP contribution in [0.1, 0.15) is 56.2 Å². The van der Waals surface area contributed by atoms with Crippen LogP contribution < -0.4 is 5.73 Å². The summed E-state index contributed by atoms with van der Waals surface area (Å²) in [4.78, 5) is 2.98. The fourth-order valence-corrected chi connectivity index (χ4v) is 4.34. The first-order chi connectivity index (χ1) is 8.52. The van der Waals surface area contributed by atoms with Gasteiger partial charge in [0.1, 0.15) is 0 Å². The molecule has 0 aliphatic heterocycles. The van der Waals surface area contributed by atoms with Crippen LogP contribution >= 0.6 is 11.3 Å². The first-order valence-corrected chi connectivity index (χ1v) is 8.20. The van der Waals surface area contributed by atoms with Crippen LogP contribution in [0.5, 0.6) is 0 Å². The zero-order chi connectivity index (χ0) is 13.2. The van der Waals surface area contributed by atoms with Gasteiger partial charge in [0, 0.05) is 15.3 Å². The van der Waals surface area contributed by atoms with E-state index < -0.39 is 0 Å². The summed E-state index contributed by atoms with van der Waals surface area (Å²) in [6.07, 6.45) is 7.34. The molecule has 2 N–H and O–H groups in total. The second kappa shape index (κ2) is 5.75. The van der Waals surface area contributed by atoms with Crippen LogP contribution in [0.2, 0.25) is 0 Å². The molecule has 1 aromatic rings. The second-order valence-electron chi connectivity index (χ2n) is 6.36. The zero-order valence-corrected chi connectivity index (χ0v) is 12.9. The molecule has 18 heavy (non-hydrogen) atoms.